The summed E-state index contributed by atoms with van der Waals surface area (Å²) in [5, 5.41) is 12.6. The van der Waals surface area contributed by atoms with Gasteiger partial charge in [-0.1, -0.05) is 63.7 Å². The number of hydrogen-bond donors (Lipinski definition) is 1. The van der Waals surface area contributed by atoms with Crippen LogP contribution in [0.1, 0.15) is 44.7 Å². The van der Waals surface area contributed by atoms with Crippen LogP contribution >= 0.6 is 11.8 Å². The Morgan fingerprint density at radius 3 is 2.48 bits per heavy atom. The Morgan fingerprint density at radius 1 is 1.13 bits per heavy atom. The van der Waals surface area contributed by atoms with E-state index in [9.17, 15) is 4.79 Å². The molecule has 0 atom stereocenters. The summed E-state index contributed by atoms with van der Waals surface area (Å²) in [6, 6.07) is 8.64. The zero-order chi connectivity index (χ0) is 22.2. The third kappa shape index (κ3) is 6.97. The van der Waals surface area contributed by atoms with Gasteiger partial charge in [0.05, 0.1) is 19.0 Å². The standard InChI is InChI=1S/C23H35N5O2S/c1-17(2)15-28-22(27-11-13-30-14-12-27)25-26-23(28)31-16-21(29)24-10-9-19-5-7-20(8-6-19)18(3)4/h5-8,17-18H,9-16H2,1-4H3,(H,24,29). The van der Waals surface area contributed by atoms with Crippen LogP contribution in [0.3, 0.4) is 0 Å². The van der Waals surface area contributed by atoms with Crippen LogP contribution in [0.4, 0.5) is 5.95 Å². The third-order valence-electron chi connectivity index (χ3n) is 5.25. The second-order valence-corrected chi connectivity index (χ2v) is 9.61. The predicted molar refractivity (Wildman–Crippen MR) is 126 cm³/mol. The fraction of sp³-hybridized carbons (Fsp3) is 0.609. The lowest BCUT2D eigenvalue weighted by molar-refractivity contribution is -0.118. The van der Waals surface area contributed by atoms with Crippen molar-refractivity contribution in [2.75, 3.05) is 43.5 Å². The van der Waals surface area contributed by atoms with Crippen molar-refractivity contribution in [2.45, 2.75) is 51.7 Å². The molecular formula is C23H35N5O2S. The van der Waals surface area contributed by atoms with Crippen LogP contribution in [0, 0.1) is 5.92 Å². The molecule has 0 radical (unpaired) electrons. The van der Waals surface area contributed by atoms with Gasteiger partial charge in [0, 0.05) is 26.2 Å². The molecule has 0 bridgehead atoms. The number of carbonyl (C=O) groups excluding carboxylic acids is 1. The number of nitrogens with one attached hydrogen (secondary N) is 1. The summed E-state index contributed by atoms with van der Waals surface area (Å²) >= 11 is 1.45. The van der Waals surface area contributed by atoms with Crippen LogP contribution in [-0.2, 0) is 22.5 Å². The van der Waals surface area contributed by atoms with Gasteiger partial charge in [-0.3, -0.25) is 9.36 Å². The molecule has 1 saturated heterocycles. The topological polar surface area (TPSA) is 72.3 Å². The number of ether oxygens (including phenoxy) is 1. The van der Waals surface area contributed by atoms with Gasteiger partial charge in [-0.05, 0) is 29.4 Å². The molecule has 1 aliphatic heterocycles. The molecule has 2 heterocycles. The number of aromatic nitrogens is 3. The fourth-order valence-corrected chi connectivity index (χ4v) is 4.28. The molecule has 3 rings (SSSR count). The number of hydrogen-bond acceptors (Lipinski definition) is 6. The first-order chi connectivity index (χ1) is 14.9. The molecule has 0 spiro atoms. The van der Waals surface area contributed by atoms with E-state index in [2.05, 4.69) is 76.9 Å². The van der Waals surface area contributed by atoms with E-state index < -0.39 is 0 Å². The van der Waals surface area contributed by atoms with E-state index in [1.807, 2.05) is 0 Å². The molecule has 0 saturated carbocycles. The summed E-state index contributed by atoms with van der Waals surface area (Å²) in [5.41, 5.74) is 2.58. The Kier molecular flexibility index (Phi) is 8.78. The van der Waals surface area contributed by atoms with Crippen molar-refractivity contribution in [2.24, 2.45) is 5.92 Å². The van der Waals surface area contributed by atoms with Crippen molar-refractivity contribution in [3.63, 3.8) is 0 Å². The maximum Gasteiger partial charge on any atom is 0.230 e. The Bertz CT molecular complexity index is 829. The molecule has 170 valence electrons. The smallest absolute Gasteiger partial charge is 0.230 e. The third-order valence-corrected chi connectivity index (χ3v) is 6.22. The summed E-state index contributed by atoms with van der Waals surface area (Å²) in [4.78, 5) is 14.6. The molecule has 1 aromatic heterocycles. The molecule has 8 heteroatoms. The van der Waals surface area contributed by atoms with Gasteiger partial charge in [0.25, 0.3) is 0 Å². The van der Waals surface area contributed by atoms with Gasteiger partial charge >= 0.3 is 0 Å². The molecular weight excluding hydrogens is 410 g/mol. The number of rotatable bonds is 10. The van der Waals surface area contributed by atoms with Crippen LogP contribution in [0.2, 0.25) is 0 Å². The summed E-state index contributed by atoms with van der Waals surface area (Å²) in [5.74, 6) is 2.24. The van der Waals surface area contributed by atoms with E-state index in [0.29, 0.717) is 37.3 Å². The van der Waals surface area contributed by atoms with Crippen LogP contribution < -0.4 is 10.2 Å². The average Bonchev–Trinajstić information content (AvgIpc) is 3.15. The van der Waals surface area contributed by atoms with Crippen molar-refractivity contribution in [3.05, 3.63) is 35.4 Å². The number of benzene rings is 1. The SMILES string of the molecule is CC(C)Cn1c(SCC(=O)NCCc2ccc(C(C)C)cc2)nnc1N1CCOCC1. The lowest BCUT2D eigenvalue weighted by atomic mass is 10.0. The summed E-state index contributed by atoms with van der Waals surface area (Å²) in [7, 11) is 0. The molecule has 1 fully saturated rings. The van der Waals surface area contributed by atoms with Gasteiger partial charge in [0.15, 0.2) is 5.16 Å². The Labute approximate surface area is 189 Å². The minimum Gasteiger partial charge on any atom is -0.378 e. The first-order valence-corrected chi connectivity index (χ1v) is 12.2. The van der Waals surface area contributed by atoms with E-state index in [4.69, 9.17) is 4.74 Å². The van der Waals surface area contributed by atoms with Crippen molar-refractivity contribution < 1.29 is 9.53 Å². The number of carbonyl (C=O) groups is 1. The van der Waals surface area contributed by atoms with Crippen LogP contribution in [0.15, 0.2) is 29.4 Å². The Balaban J connectivity index is 1.50. The number of thioether (sulfide) groups is 1. The fourth-order valence-electron chi connectivity index (χ4n) is 3.51. The highest BCUT2D eigenvalue weighted by Gasteiger charge is 2.21. The highest BCUT2D eigenvalue weighted by atomic mass is 32.2. The highest BCUT2D eigenvalue weighted by molar-refractivity contribution is 7.99. The molecule has 1 N–H and O–H groups in total. The molecule has 0 unspecified atom stereocenters. The van der Waals surface area contributed by atoms with Gasteiger partial charge < -0.3 is 15.0 Å². The van der Waals surface area contributed by atoms with E-state index in [-0.39, 0.29) is 5.91 Å². The largest absolute Gasteiger partial charge is 0.378 e. The van der Waals surface area contributed by atoms with E-state index in [1.165, 1.54) is 22.9 Å². The average molecular weight is 446 g/mol. The summed E-state index contributed by atoms with van der Waals surface area (Å²) < 4.78 is 7.60. The van der Waals surface area contributed by atoms with Gasteiger partial charge in [-0.25, -0.2) is 0 Å². The van der Waals surface area contributed by atoms with Crippen LogP contribution in [0.25, 0.3) is 0 Å². The van der Waals surface area contributed by atoms with Gasteiger partial charge in [0.2, 0.25) is 11.9 Å². The molecule has 2 aromatic rings. The number of amides is 1. The predicted octanol–water partition coefficient (Wildman–Crippen LogP) is 3.35. The van der Waals surface area contributed by atoms with Crippen molar-refractivity contribution in [3.8, 4) is 0 Å². The first-order valence-electron chi connectivity index (χ1n) is 11.2. The maximum atomic E-state index is 12.4. The normalized spacial score (nSPS) is 14.5. The zero-order valence-electron chi connectivity index (χ0n) is 19.1. The van der Waals surface area contributed by atoms with E-state index in [0.717, 1.165) is 37.2 Å². The molecule has 0 aliphatic carbocycles. The zero-order valence-corrected chi connectivity index (χ0v) is 20.0. The second kappa shape index (κ2) is 11.5. The minimum atomic E-state index is 0.0239. The minimum absolute atomic E-state index is 0.0239. The number of anilines is 1. The lowest BCUT2D eigenvalue weighted by Crippen LogP contribution is -2.38. The van der Waals surface area contributed by atoms with E-state index in [1.54, 1.807) is 0 Å². The molecule has 1 aliphatic rings. The van der Waals surface area contributed by atoms with Gasteiger partial charge in [-0.15, -0.1) is 10.2 Å². The monoisotopic (exact) mass is 445 g/mol. The van der Waals surface area contributed by atoms with Gasteiger partial charge in [-0.2, -0.15) is 0 Å². The maximum absolute atomic E-state index is 12.4. The molecule has 1 amide bonds. The second-order valence-electron chi connectivity index (χ2n) is 8.67. The Morgan fingerprint density at radius 2 is 1.84 bits per heavy atom. The molecule has 7 nitrogen and oxygen atoms in total. The van der Waals surface area contributed by atoms with E-state index >= 15 is 0 Å². The quantitative estimate of drug-likeness (QED) is 0.566. The van der Waals surface area contributed by atoms with Gasteiger partial charge in [0.1, 0.15) is 0 Å². The first kappa shape index (κ1) is 23.6. The molecule has 1 aromatic carbocycles. The van der Waals surface area contributed by atoms with Crippen LogP contribution in [0.5, 0.6) is 0 Å². The lowest BCUT2D eigenvalue weighted by Gasteiger charge is -2.28. The van der Waals surface area contributed by atoms with Crippen molar-refractivity contribution in [1.82, 2.24) is 20.1 Å². The molecule has 31 heavy (non-hydrogen) atoms. The van der Waals surface area contributed by atoms with Crippen LogP contribution in [-0.4, -0.2) is 59.3 Å². The van der Waals surface area contributed by atoms with Crippen molar-refractivity contribution in [1.29, 1.82) is 0 Å². The summed E-state index contributed by atoms with van der Waals surface area (Å²) in [6.45, 7) is 13.3. The Hall–Kier alpha value is -2.06. The highest BCUT2D eigenvalue weighted by Crippen LogP contribution is 2.24. The summed E-state index contributed by atoms with van der Waals surface area (Å²) in [6.07, 6.45) is 0.833. The van der Waals surface area contributed by atoms with Crippen molar-refractivity contribution >= 4 is 23.6 Å². The number of morpholine rings is 1. The number of nitrogens with zero attached hydrogens (tertiary/aromatic N) is 4.